The average molecular weight is 324 g/mol. The van der Waals surface area contributed by atoms with Gasteiger partial charge in [-0.25, -0.2) is 12.7 Å². The highest BCUT2D eigenvalue weighted by atomic mass is 32.2. The zero-order valence-electron chi connectivity index (χ0n) is 13.6. The molecule has 0 unspecified atom stereocenters. The van der Waals surface area contributed by atoms with Gasteiger partial charge in [-0.1, -0.05) is 6.92 Å². The molecule has 122 valence electrons. The first-order valence-corrected chi connectivity index (χ1v) is 9.01. The summed E-state index contributed by atoms with van der Waals surface area (Å²) < 4.78 is 25.2. The van der Waals surface area contributed by atoms with Crippen LogP contribution in [0.1, 0.15) is 37.0 Å². The van der Waals surface area contributed by atoms with Crippen LogP contribution in [0.2, 0.25) is 0 Å². The fourth-order valence-electron chi connectivity index (χ4n) is 2.86. The average Bonchev–Trinajstić information content (AvgIpc) is 2.46. The number of rotatable bonds is 3. The summed E-state index contributed by atoms with van der Waals surface area (Å²) in [4.78, 5) is 14.7. The third-order valence-electron chi connectivity index (χ3n) is 4.28. The summed E-state index contributed by atoms with van der Waals surface area (Å²) in [6.07, 6.45) is 2.03. The van der Waals surface area contributed by atoms with Crippen LogP contribution in [0, 0.1) is 5.92 Å². The number of hydrogen-bond donors (Lipinski definition) is 0. The van der Waals surface area contributed by atoms with Crippen LogP contribution in [0.4, 0.5) is 0 Å². The second-order valence-corrected chi connectivity index (χ2v) is 8.44. The van der Waals surface area contributed by atoms with Crippen LogP contribution in [0.3, 0.4) is 0 Å². The molecule has 2 rings (SSSR count). The van der Waals surface area contributed by atoms with Crippen molar-refractivity contribution in [1.29, 1.82) is 0 Å². The Hall–Kier alpha value is -1.40. The number of carbonyl (C=O) groups excluding carboxylic acids is 1. The van der Waals surface area contributed by atoms with Gasteiger partial charge in [-0.15, -0.1) is 0 Å². The van der Waals surface area contributed by atoms with Gasteiger partial charge >= 0.3 is 0 Å². The van der Waals surface area contributed by atoms with Crippen molar-refractivity contribution in [2.45, 2.75) is 37.6 Å². The van der Waals surface area contributed by atoms with E-state index in [2.05, 4.69) is 13.8 Å². The fourth-order valence-corrected chi connectivity index (χ4v) is 3.76. The van der Waals surface area contributed by atoms with Crippen molar-refractivity contribution in [1.82, 2.24) is 9.21 Å². The lowest BCUT2D eigenvalue weighted by molar-refractivity contribution is 0.0588. The number of carbonyl (C=O) groups is 1. The van der Waals surface area contributed by atoms with E-state index in [-0.39, 0.29) is 16.8 Å². The standard InChI is InChI=1S/C16H24N2O3S/c1-12-9-10-18(13(2)11-12)16(19)14-5-7-15(8-6-14)22(20,21)17(3)4/h5-8,12-13H,9-11H2,1-4H3/t12-,13-/m1/s1. The van der Waals surface area contributed by atoms with Crippen LogP contribution in [-0.2, 0) is 10.0 Å². The van der Waals surface area contributed by atoms with Crippen molar-refractivity contribution in [3.63, 3.8) is 0 Å². The van der Waals surface area contributed by atoms with Gasteiger partial charge in [0.15, 0.2) is 0 Å². The first-order chi connectivity index (χ1) is 10.2. The van der Waals surface area contributed by atoms with E-state index in [1.54, 1.807) is 12.1 Å². The lowest BCUT2D eigenvalue weighted by Crippen LogP contribution is -2.44. The van der Waals surface area contributed by atoms with Gasteiger partial charge in [0.25, 0.3) is 5.91 Å². The largest absolute Gasteiger partial charge is 0.336 e. The molecule has 0 N–H and O–H groups in total. The third-order valence-corrected chi connectivity index (χ3v) is 6.11. The van der Waals surface area contributed by atoms with Crippen LogP contribution in [0.5, 0.6) is 0 Å². The summed E-state index contributed by atoms with van der Waals surface area (Å²) in [5, 5.41) is 0. The Kier molecular flexibility index (Phi) is 4.92. The molecule has 22 heavy (non-hydrogen) atoms. The van der Waals surface area contributed by atoms with E-state index in [0.29, 0.717) is 11.5 Å². The van der Waals surface area contributed by atoms with Crippen molar-refractivity contribution in [3.8, 4) is 0 Å². The van der Waals surface area contributed by atoms with E-state index in [0.717, 1.165) is 23.7 Å². The van der Waals surface area contributed by atoms with E-state index in [4.69, 9.17) is 0 Å². The highest BCUT2D eigenvalue weighted by Crippen LogP contribution is 2.24. The van der Waals surface area contributed by atoms with E-state index in [1.165, 1.54) is 26.2 Å². The molecular formula is C16H24N2O3S. The van der Waals surface area contributed by atoms with Crippen LogP contribution >= 0.6 is 0 Å². The Bertz CT molecular complexity index is 638. The van der Waals surface area contributed by atoms with Crippen molar-refractivity contribution >= 4 is 15.9 Å². The van der Waals surface area contributed by atoms with Crippen molar-refractivity contribution in [3.05, 3.63) is 29.8 Å². The number of benzene rings is 1. The zero-order valence-corrected chi connectivity index (χ0v) is 14.4. The summed E-state index contributed by atoms with van der Waals surface area (Å²) >= 11 is 0. The maximum Gasteiger partial charge on any atom is 0.254 e. The molecule has 0 aromatic heterocycles. The predicted molar refractivity (Wildman–Crippen MR) is 86.2 cm³/mol. The molecule has 1 fully saturated rings. The highest BCUT2D eigenvalue weighted by Gasteiger charge is 2.27. The van der Waals surface area contributed by atoms with Gasteiger partial charge < -0.3 is 4.90 Å². The smallest absolute Gasteiger partial charge is 0.254 e. The van der Waals surface area contributed by atoms with Crippen molar-refractivity contribution in [2.24, 2.45) is 5.92 Å². The number of sulfonamides is 1. The molecule has 5 nitrogen and oxygen atoms in total. The molecule has 0 saturated carbocycles. The van der Waals surface area contributed by atoms with Gasteiger partial charge in [-0.3, -0.25) is 4.79 Å². The van der Waals surface area contributed by atoms with Crippen LogP contribution < -0.4 is 0 Å². The predicted octanol–water partition coefficient (Wildman–Crippen LogP) is 2.20. The van der Waals surface area contributed by atoms with Gasteiger partial charge in [0, 0.05) is 32.2 Å². The minimum absolute atomic E-state index is 0.0202. The van der Waals surface area contributed by atoms with E-state index >= 15 is 0 Å². The lowest BCUT2D eigenvalue weighted by Gasteiger charge is -2.36. The van der Waals surface area contributed by atoms with E-state index in [1.807, 2.05) is 4.90 Å². The summed E-state index contributed by atoms with van der Waals surface area (Å²) in [6, 6.07) is 6.42. The van der Waals surface area contributed by atoms with Gasteiger partial charge in [0.1, 0.15) is 0 Å². The Morgan fingerprint density at radius 1 is 1.18 bits per heavy atom. The Labute approximate surface area is 133 Å². The number of nitrogens with zero attached hydrogens (tertiary/aromatic N) is 2. The first kappa shape index (κ1) is 17.0. The maximum atomic E-state index is 12.6. The highest BCUT2D eigenvalue weighted by molar-refractivity contribution is 7.89. The van der Waals surface area contributed by atoms with Crippen LogP contribution in [0.15, 0.2) is 29.2 Å². The summed E-state index contributed by atoms with van der Waals surface area (Å²) in [6.45, 7) is 5.04. The lowest BCUT2D eigenvalue weighted by atomic mass is 9.93. The second-order valence-electron chi connectivity index (χ2n) is 6.29. The van der Waals surface area contributed by atoms with Crippen molar-refractivity contribution in [2.75, 3.05) is 20.6 Å². The SMILES string of the molecule is C[C@@H]1CCN(C(=O)c2ccc(S(=O)(=O)N(C)C)cc2)[C@H](C)C1. The molecule has 1 heterocycles. The number of amides is 1. The van der Waals surface area contributed by atoms with Gasteiger partial charge in [-0.2, -0.15) is 0 Å². The van der Waals surface area contributed by atoms with E-state index < -0.39 is 10.0 Å². The van der Waals surface area contributed by atoms with Gasteiger partial charge in [-0.05, 0) is 49.9 Å². The van der Waals surface area contributed by atoms with Gasteiger partial charge in [0.05, 0.1) is 4.90 Å². The third kappa shape index (κ3) is 3.33. The van der Waals surface area contributed by atoms with Crippen LogP contribution in [-0.4, -0.2) is 50.2 Å². The summed E-state index contributed by atoms with van der Waals surface area (Å²) in [5.41, 5.74) is 0.541. The minimum atomic E-state index is -3.45. The second kappa shape index (κ2) is 6.38. The molecule has 1 aromatic rings. The molecule has 1 amide bonds. The normalized spacial score (nSPS) is 22.9. The molecule has 1 aliphatic heterocycles. The fraction of sp³-hybridized carbons (Fsp3) is 0.562. The molecule has 1 aliphatic rings. The summed E-state index contributed by atoms with van der Waals surface area (Å²) in [5.74, 6) is 0.625. The molecule has 6 heteroatoms. The Balaban J connectivity index is 2.19. The maximum absolute atomic E-state index is 12.6. The zero-order chi connectivity index (χ0) is 16.5. The number of likely N-dealkylation sites (tertiary alicyclic amines) is 1. The molecular weight excluding hydrogens is 300 g/mol. The first-order valence-electron chi connectivity index (χ1n) is 7.57. The monoisotopic (exact) mass is 324 g/mol. The quantitative estimate of drug-likeness (QED) is 0.856. The van der Waals surface area contributed by atoms with Gasteiger partial charge in [0.2, 0.25) is 10.0 Å². The molecule has 1 aromatic carbocycles. The molecule has 0 aliphatic carbocycles. The number of hydrogen-bond acceptors (Lipinski definition) is 3. The molecule has 1 saturated heterocycles. The molecule has 0 spiro atoms. The summed E-state index contributed by atoms with van der Waals surface area (Å²) in [7, 11) is -0.472. The van der Waals surface area contributed by atoms with Crippen molar-refractivity contribution < 1.29 is 13.2 Å². The molecule has 2 atom stereocenters. The Morgan fingerprint density at radius 2 is 1.77 bits per heavy atom. The topological polar surface area (TPSA) is 57.7 Å². The minimum Gasteiger partial charge on any atom is -0.336 e. The van der Waals surface area contributed by atoms with E-state index in [9.17, 15) is 13.2 Å². The van der Waals surface area contributed by atoms with Crippen LogP contribution in [0.25, 0.3) is 0 Å². The molecule has 0 radical (unpaired) electrons. The molecule has 0 bridgehead atoms. The number of piperidine rings is 1. The Morgan fingerprint density at radius 3 is 2.27 bits per heavy atom.